The van der Waals surface area contributed by atoms with Gasteiger partial charge in [0.15, 0.2) is 5.82 Å². The predicted molar refractivity (Wildman–Crippen MR) is 68.5 cm³/mol. The number of hydrogen-bond donors (Lipinski definition) is 1. The van der Waals surface area contributed by atoms with Crippen LogP contribution in [0.1, 0.15) is 39.5 Å². The van der Waals surface area contributed by atoms with E-state index in [1.807, 2.05) is 13.8 Å². The zero-order valence-corrected chi connectivity index (χ0v) is 10.8. The second-order valence-corrected chi connectivity index (χ2v) is 4.24. The molecule has 0 fully saturated rings. The Morgan fingerprint density at radius 3 is 2.50 bits per heavy atom. The van der Waals surface area contributed by atoms with Crippen molar-refractivity contribution in [1.82, 2.24) is 9.97 Å². The molecule has 0 aliphatic rings. The summed E-state index contributed by atoms with van der Waals surface area (Å²) in [6.07, 6.45) is 7.21. The minimum absolute atomic E-state index is 0.283. The number of rotatable bonds is 6. The molecule has 0 unspecified atom stereocenters. The summed E-state index contributed by atoms with van der Waals surface area (Å²) in [4.78, 5) is 20.1. The fourth-order valence-corrected chi connectivity index (χ4v) is 1.97. The van der Waals surface area contributed by atoms with E-state index < -0.39 is 5.41 Å². The second-order valence-electron chi connectivity index (χ2n) is 4.24. The molecule has 0 atom stereocenters. The van der Waals surface area contributed by atoms with Gasteiger partial charge >= 0.3 is 0 Å². The van der Waals surface area contributed by atoms with E-state index in [0.29, 0.717) is 18.7 Å². The average Bonchev–Trinajstić information content (AvgIpc) is 2.39. The molecule has 1 N–H and O–H groups in total. The molecule has 0 spiro atoms. The van der Waals surface area contributed by atoms with Crippen LogP contribution in [0.25, 0.3) is 0 Å². The van der Waals surface area contributed by atoms with Crippen molar-refractivity contribution in [3.05, 3.63) is 18.6 Å². The van der Waals surface area contributed by atoms with Crippen LogP contribution in [-0.4, -0.2) is 15.9 Å². The summed E-state index contributed by atoms with van der Waals surface area (Å²) in [5, 5.41) is 12.0. The van der Waals surface area contributed by atoms with Crippen LogP contribution in [0.3, 0.4) is 0 Å². The van der Waals surface area contributed by atoms with Crippen molar-refractivity contribution in [2.24, 2.45) is 5.41 Å². The maximum Gasteiger partial charge on any atom is 0.246 e. The number of amides is 1. The molecule has 1 heterocycles. The van der Waals surface area contributed by atoms with Crippen molar-refractivity contribution in [3.8, 4) is 6.07 Å². The average molecular weight is 246 g/mol. The number of nitrogens with one attached hydrogen (secondary N) is 1. The number of nitriles is 1. The summed E-state index contributed by atoms with van der Waals surface area (Å²) in [7, 11) is 0. The third kappa shape index (κ3) is 3.27. The summed E-state index contributed by atoms with van der Waals surface area (Å²) in [5.41, 5.74) is -0.957. The summed E-state index contributed by atoms with van der Waals surface area (Å²) in [6.45, 7) is 3.94. The van der Waals surface area contributed by atoms with Crippen molar-refractivity contribution in [2.45, 2.75) is 39.5 Å². The Balaban J connectivity index is 2.86. The molecular weight excluding hydrogens is 228 g/mol. The molecule has 1 aromatic rings. The first-order valence-corrected chi connectivity index (χ1v) is 6.17. The standard InChI is InChI=1S/C13H18N4O/c1-3-5-13(10-14,6-4-2)12(18)17-11-9-15-7-8-16-11/h7-9H,3-6H2,1-2H3,(H,16,17,18). The minimum Gasteiger partial charge on any atom is -0.308 e. The van der Waals surface area contributed by atoms with Crippen LogP contribution in [0.15, 0.2) is 18.6 Å². The summed E-state index contributed by atoms with van der Waals surface area (Å²) in [5.74, 6) is 0.100. The number of aromatic nitrogens is 2. The van der Waals surface area contributed by atoms with Gasteiger partial charge in [-0.15, -0.1) is 0 Å². The van der Waals surface area contributed by atoms with Gasteiger partial charge in [0, 0.05) is 12.4 Å². The molecule has 1 aromatic heterocycles. The fraction of sp³-hybridized carbons (Fsp3) is 0.538. The number of anilines is 1. The van der Waals surface area contributed by atoms with E-state index in [1.165, 1.54) is 18.6 Å². The second kappa shape index (κ2) is 6.70. The number of carbonyl (C=O) groups excluding carboxylic acids is 1. The molecule has 5 nitrogen and oxygen atoms in total. The largest absolute Gasteiger partial charge is 0.308 e. The third-order valence-electron chi connectivity index (χ3n) is 2.81. The quantitative estimate of drug-likeness (QED) is 0.836. The molecule has 1 amide bonds. The molecular formula is C13H18N4O. The van der Waals surface area contributed by atoms with Gasteiger partial charge in [-0.3, -0.25) is 9.78 Å². The number of hydrogen-bond acceptors (Lipinski definition) is 4. The van der Waals surface area contributed by atoms with E-state index in [9.17, 15) is 10.1 Å². The molecule has 5 heteroatoms. The van der Waals surface area contributed by atoms with Gasteiger partial charge in [0.2, 0.25) is 5.91 Å². The van der Waals surface area contributed by atoms with Crippen LogP contribution in [0.4, 0.5) is 5.82 Å². The molecule has 0 saturated carbocycles. The lowest BCUT2D eigenvalue weighted by molar-refractivity contribution is -0.123. The molecule has 96 valence electrons. The Labute approximate surface area is 107 Å². The van der Waals surface area contributed by atoms with E-state index in [2.05, 4.69) is 21.4 Å². The fourth-order valence-electron chi connectivity index (χ4n) is 1.97. The van der Waals surface area contributed by atoms with Crippen LogP contribution in [0.2, 0.25) is 0 Å². The molecule has 18 heavy (non-hydrogen) atoms. The van der Waals surface area contributed by atoms with Gasteiger partial charge in [-0.1, -0.05) is 26.7 Å². The maximum absolute atomic E-state index is 12.2. The first-order valence-electron chi connectivity index (χ1n) is 6.17. The van der Waals surface area contributed by atoms with E-state index >= 15 is 0 Å². The zero-order chi connectivity index (χ0) is 13.4. The predicted octanol–water partition coefficient (Wildman–Crippen LogP) is 2.53. The van der Waals surface area contributed by atoms with Gasteiger partial charge in [-0.2, -0.15) is 5.26 Å². The SMILES string of the molecule is CCCC(C#N)(CCC)C(=O)Nc1cnccn1. The van der Waals surface area contributed by atoms with Crippen molar-refractivity contribution >= 4 is 11.7 Å². The topological polar surface area (TPSA) is 78.7 Å². The van der Waals surface area contributed by atoms with Crippen molar-refractivity contribution < 1.29 is 4.79 Å². The lowest BCUT2D eigenvalue weighted by Gasteiger charge is -2.24. The molecule has 1 rings (SSSR count). The first kappa shape index (κ1) is 14.1. The van der Waals surface area contributed by atoms with Gasteiger partial charge in [-0.25, -0.2) is 4.98 Å². The van der Waals surface area contributed by atoms with Gasteiger partial charge < -0.3 is 5.32 Å². The van der Waals surface area contributed by atoms with Gasteiger partial charge in [0.05, 0.1) is 12.3 Å². The number of nitrogens with zero attached hydrogens (tertiary/aromatic N) is 3. The molecule has 0 aromatic carbocycles. The summed E-state index contributed by atoms with van der Waals surface area (Å²) < 4.78 is 0. The Hall–Kier alpha value is -1.96. The van der Waals surface area contributed by atoms with Gasteiger partial charge in [0.25, 0.3) is 0 Å². The van der Waals surface area contributed by atoms with Gasteiger partial charge in [-0.05, 0) is 12.8 Å². The van der Waals surface area contributed by atoms with Crippen molar-refractivity contribution in [2.75, 3.05) is 5.32 Å². The number of carbonyl (C=O) groups is 1. The maximum atomic E-state index is 12.2. The Morgan fingerprint density at radius 2 is 2.06 bits per heavy atom. The van der Waals surface area contributed by atoms with Crippen LogP contribution < -0.4 is 5.32 Å². The van der Waals surface area contributed by atoms with Crippen LogP contribution in [0.5, 0.6) is 0 Å². The van der Waals surface area contributed by atoms with E-state index in [0.717, 1.165) is 12.8 Å². The Kier molecular flexibility index (Phi) is 5.25. The highest BCUT2D eigenvalue weighted by atomic mass is 16.2. The minimum atomic E-state index is -0.957. The summed E-state index contributed by atoms with van der Waals surface area (Å²) >= 11 is 0. The lowest BCUT2D eigenvalue weighted by atomic mass is 9.80. The normalized spacial score (nSPS) is 10.7. The molecule has 0 saturated heterocycles. The van der Waals surface area contributed by atoms with Crippen molar-refractivity contribution in [1.29, 1.82) is 5.26 Å². The highest BCUT2D eigenvalue weighted by Gasteiger charge is 2.37. The van der Waals surface area contributed by atoms with Gasteiger partial charge in [0.1, 0.15) is 5.41 Å². The van der Waals surface area contributed by atoms with Crippen molar-refractivity contribution in [3.63, 3.8) is 0 Å². The smallest absolute Gasteiger partial charge is 0.246 e. The monoisotopic (exact) mass is 246 g/mol. The van der Waals surface area contributed by atoms with Crippen LogP contribution >= 0.6 is 0 Å². The Morgan fingerprint density at radius 1 is 1.39 bits per heavy atom. The van der Waals surface area contributed by atoms with E-state index in [1.54, 1.807) is 0 Å². The first-order chi connectivity index (χ1) is 8.68. The molecule has 0 aliphatic heterocycles. The lowest BCUT2D eigenvalue weighted by Crippen LogP contribution is -2.35. The molecule has 0 aliphatic carbocycles. The van der Waals surface area contributed by atoms with Crippen LogP contribution in [0, 0.1) is 16.7 Å². The Bertz CT molecular complexity index is 418. The molecule has 0 bridgehead atoms. The zero-order valence-electron chi connectivity index (χ0n) is 10.8. The molecule has 0 radical (unpaired) electrons. The third-order valence-corrected chi connectivity index (χ3v) is 2.81. The summed E-state index contributed by atoms with van der Waals surface area (Å²) in [6, 6.07) is 2.18. The van der Waals surface area contributed by atoms with E-state index in [4.69, 9.17) is 0 Å². The van der Waals surface area contributed by atoms with Crippen LogP contribution in [-0.2, 0) is 4.79 Å². The highest BCUT2D eigenvalue weighted by molar-refractivity contribution is 5.96. The van der Waals surface area contributed by atoms with E-state index in [-0.39, 0.29) is 5.91 Å². The highest BCUT2D eigenvalue weighted by Crippen LogP contribution is 2.30.